The fraction of sp³-hybridized carbons (Fsp3) is 0.846. The minimum absolute atomic E-state index is 0.101. The molecule has 110 valence electrons. The second kappa shape index (κ2) is 6.75. The van der Waals surface area contributed by atoms with Crippen molar-refractivity contribution in [1.82, 2.24) is 10.2 Å². The number of nitrogens with zero attached hydrogens (tertiary/aromatic N) is 1. The van der Waals surface area contributed by atoms with Crippen LogP contribution in [0, 0.1) is 5.92 Å². The number of likely N-dealkylation sites (tertiary alicyclic amines) is 1. The highest BCUT2D eigenvalue weighted by Crippen LogP contribution is 2.20. The number of urea groups is 1. The lowest BCUT2D eigenvalue weighted by Crippen LogP contribution is -2.53. The average molecular weight is 272 g/mol. The molecule has 0 aliphatic carbocycles. The molecule has 1 aliphatic rings. The maximum absolute atomic E-state index is 12.1. The Morgan fingerprint density at radius 3 is 2.42 bits per heavy atom. The third kappa shape index (κ3) is 5.46. The Hall–Kier alpha value is -1.30. The van der Waals surface area contributed by atoms with Crippen molar-refractivity contribution in [2.24, 2.45) is 5.92 Å². The lowest BCUT2D eigenvalue weighted by molar-refractivity contribution is -0.138. The summed E-state index contributed by atoms with van der Waals surface area (Å²) < 4.78 is 5.06. The molecule has 0 spiro atoms. The van der Waals surface area contributed by atoms with E-state index in [9.17, 15) is 9.59 Å². The van der Waals surface area contributed by atoms with E-state index in [1.165, 1.54) is 0 Å². The number of hydrogen-bond acceptors (Lipinski definition) is 3. The summed E-state index contributed by atoms with van der Waals surface area (Å²) >= 11 is 0. The normalized spacial score (nSPS) is 17.3. The van der Waals surface area contributed by atoms with E-state index in [1.54, 1.807) is 12.0 Å². The van der Waals surface area contributed by atoms with Gasteiger partial charge in [-0.05, 0) is 32.6 Å². The van der Waals surface area contributed by atoms with Gasteiger partial charge in [-0.15, -0.1) is 0 Å². The van der Waals surface area contributed by atoms with E-state index in [-0.39, 0.29) is 18.4 Å². The number of aliphatic carboxylic acids is 1. The maximum atomic E-state index is 12.1. The molecule has 0 unspecified atom stereocenters. The zero-order valence-corrected chi connectivity index (χ0v) is 11.9. The smallest absolute Gasteiger partial charge is 0.317 e. The molecule has 2 amide bonds. The summed E-state index contributed by atoms with van der Waals surface area (Å²) in [4.78, 5) is 24.4. The number of ether oxygens (including phenoxy) is 1. The van der Waals surface area contributed by atoms with E-state index in [1.807, 2.05) is 13.8 Å². The molecular weight excluding hydrogens is 248 g/mol. The lowest BCUT2D eigenvalue weighted by Gasteiger charge is -2.34. The number of amides is 2. The van der Waals surface area contributed by atoms with Gasteiger partial charge in [-0.25, -0.2) is 4.79 Å². The molecule has 0 aromatic heterocycles. The zero-order chi connectivity index (χ0) is 14.5. The summed E-state index contributed by atoms with van der Waals surface area (Å²) in [5, 5.41) is 11.7. The Balaban J connectivity index is 2.38. The highest BCUT2D eigenvalue weighted by atomic mass is 16.5. The van der Waals surface area contributed by atoms with Crippen molar-refractivity contribution in [1.29, 1.82) is 0 Å². The van der Waals surface area contributed by atoms with Crippen LogP contribution in [-0.4, -0.2) is 54.4 Å². The molecule has 1 rings (SSSR count). The Bertz CT molecular complexity index is 323. The van der Waals surface area contributed by atoms with Crippen molar-refractivity contribution in [3.05, 3.63) is 0 Å². The van der Waals surface area contributed by atoms with Gasteiger partial charge in [0.25, 0.3) is 0 Å². The molecule has 6 nitrogen and oxygen atoms in total. The molecule has 0 aromatic carbocycles. The van der Waals surface area contributed by atoms with Crippen LogP contribution in [0.3, 0.4) is 0 Å². The number of nitrogens with one attached hydrogen (secondary N) is 1. The highest BCUT2D eigenvalue weighted by molar-refractivity contribution is 5.75. The number of rotatable bonds is 5. The first kappa shape index (κ1) is 15.8. The van der Waals surface area contributed by atoms with Crippen LogP contribution >= 0.6 is 0 Å². The first-order valence-corrected chi connectivity index (χ1v) is 6.62. The highest BCUT2D eigenvalue weighted by Gasteiger charge is 2.27. The van der Waals surface area contributed by atoms with Crippen molar-refractivity contribution < 1.29 is 19.4 Å². The molecule has 19 heavy (non-hydrogen) atoms. The van der Waals surface area contributed by atoms with Gasteiger partial charge in [0.05, 0.1) is 12.1 Å². The van der Waals surface area contributed by atoms with Gasteiger partial charge in [-0.2, -0.15) is 0 Å². The van der Waals surface area contributed by atoms with E-state index < -0.39 is 11.5 Å². The first-order chi connectivity index (χ1) is 8.84. The molecule has 1 saturated heterocycles. The van der Waals surface area contributed by atoms with Crippen molar-refractivity contribution in [3.8, 4) is 0 Å². The van der Waals surface area contributed by atoms with Crippen LogP contribution in [-0.2, 0) is 9.53 Å². The van der Waals surface area contributed by atoms with E-state index in [4.69, 9.17) is 9.84 Å². The van der Waals surface area contributed by atoms with Crippen molar-refractivity contribution in [3.63, 3.8) is 0 Å². The Kier molecular flexibility index (Phi) is 5.60. The fourth-order valence-corrected chi connectivity index (χ4v) is 2.35. The number of hydrogen-bond donors (Lipinski definition) is 2. The SMILES string of the molecule is COCC(C)(C)NC(=O)N1CCC(CC(=O)O)CC1. The zero-order valence-electron chi connectivity index (χ0n) is 11.9. The number of carboxylic acid groups (broad SMARTS) is 1. The lowest BCUT2D eigenvalue weighted by atomic mass is 9.94. The number of piperidine rings is 1. The summed E-state index contributed by atoms with van der Waals surface area (Å²) in [5.41, 5.74) is -0.399. The van der Waals surface area contributed by atoms with Gasteiger partial charge in [0.15, 0.2) is 0 Å². The molecule has 0 atom stereocenters. The van der Waals surface area contributed by atoms with E-state index in [0.29, 0.717) is 19.7 Å². The van der Waals surface area contributed by atoms with Crippen LogP contribution in [0.4, 0.5) is 4.79 Å². The Morgan fingerprint density at radius 2 is 1.95 bits per heavy atom. The van der Waals surface area contributed by atoms with Gasteiger partial charge in [-0.1, -0.05) is 0 Å². The van der Waals surface area contributed by atoms with Crippen molar-refractivity contribution in [2.45, 2.75) is 38.6 Å². The molecule has 1 heterocycles. The second-order valence-corrected chi connectivity index (χ2v) is 5.78. The maximum Gasteiger partial charge on any atom is 0.317 e. The fourth-order valence-electron chi connectivity index (χ4n) is 2.35. The second-order valence-electron chi connectivity index (χ2n) is 5.78. The van der Waals surface area contributed by atoms with Crippen LogP contribution in [0.2, 0.25) is 0 Å². The Morgan fingerprint density at radius 1 is 1.37 bits per heavy atom. The average Bonchev–Trinajstić information content (AvgIpc) is 2.28. The molecule has 1 fully saturated rings. The summed E-state index contributed by atoms with van der Waals surface area (Å²) in [6, 6.07) is -0.101. The molecular formula is C13H24N2O4. The van der Waals surface area contributed by atoms with Gasteiger partial charge in [0.2, 0.25) is 0 Å². The summed E-state index contributed by atoms with van der Waals surface area (Å²) in [6.07, 6.45) is 1.71. The standard InChI is InChI=1S/C13H24N2O4/c1-13(2,9-19-3)14-12(18)15-6-4-10(5-7-15)8-11(16)17/h10H,4-9H2,1-3H3,(H,14,18)(H,16,17). The Labute approximate surface area is 114 Å². The molecule has 6 heteroatoms. The largest absolute Gasteiger partial charge is 0.481 e. The summed E-state index contributed by atoms with van der Waals surface area (Å²) in [6.45, 7) is 5.51. The number of carbonyl (C=O) groups is 2. The van der Waals surface area contributed by atoms with E-state index in [0.717, 1.165) is 12.8 Å². The summed E-state index contributed by atoms with van der Waals surface area (Å²) in [7, 11) is 1.60. The van der Waals surface area contributed by atoms with Crippen LogP contribution in [0.5, 0.6) is 0 Å². The topological polar surface area (TPSA) is 78.9 Å². The predicted octanol–water partition coefficient (Wildman–Crippen LogP) is 1.31. The molecule has 2 N–H and O–H groups in total. The molecule has 0 bridgehead atoms. The van der Waals surface area contributed by atoms with Crippen molar-refractivity contribution >= 4 is 12.0 Å². The molecule has 0 radical (unpaired) electrons. The van der Waals surface area contributed by atoms with E-state index in [2.05, 4.69) is 5.32 Å². The quantitative estimate of drug-likeness (QED) is 0.791. The third-order valence-electron chi connectivity index (χ3n) is 3.32. The monoisotopic (exact) mass is 272 g/mol. The molecule has 1 aliphatic heterocycles. The minimum atomic E-state index is -0.760. The van der Waals surface area contributed by atoms with Crippen LogP contribution in [0.1, 0.15) is 33.1 Å². The van der Waals surface area contributed by atoms with Gasteiger partial charge >= 0.3 is 12.0 Å². The van der Waals surface area contributed by atoms with Crippen molar-refractivity contribution in [2.75, 3.05) is 26.8 Å². The molecule has 0 aromatic rings. The predicted molar refractivity (Wildman–Crippen MR) is 71.0 cm³/mol. The number of carbonyl (C=O) groups excluding carboxylic acids is 1. The minimum Gasteiger partial charge on any atom is -0.481 e. The van der Waals surface area contributed by atoms with Gasteiger partial charge in [0, 0.05) is 26.6 Å². The van der Waals surface area contributed by atoms with Crippen LogP contribution in [0.25, 0.3) is 0 Å². The van der Waals surface area contributed by atoms with Gasteiger partial charge in [0.1, 0.15) is 0 Å². The number of methoxy groups -OCH3 is 1. The van der Waals surface area contributed by atoms with Gasteiger partial charge in [-0.3, -0.25) is 4.79 Å². The third-order valence-corrected chi connectivity index (χ3v) is 3.32. The first-order valence-electron chi connectivity index (χ1n) is 6.62. The van der Waals surface area contributed by atoms with Crippen LogP contribution < -0.4 is 5.32 Å². The molecule has 0 saturated carbocycles. The van der Waals surface area contributed by atoms with E-state index >= 15 is 0 Å². The van der Waals surface area contributed by atoms with Gasteiger partial charge < -0.3 is 20.1 Å². The summed E-state index contributed by atoms with van der Waals surface area (Å²) in [5.74, 6) is -0.572. The number of carboxylic acids is 1. The van der Waals surface area contributed by atoms with Crippen LogP contribution in [0.15, 0.2) is 0 Å².